The van der Waals surface area contributed by atoms with Gasteiger partial charge < -0.3 is 10.1 Å². The first-order valence-corrected chi connectivity index (χ1v) is 7.18. The van der Waals surface area contributed by atoms with Crippen molar-refractivity contribution < 1.29 is 9.53 Å². The zero-order valence-corrected chi connectivity index (χ0v) is 13.5. The highest BCUT2D eigenvalue weighted by Crippen LogP contribution is 2.16. The van der Waals surface area contributed by atoms with Crippen molar-refractivity contribution in [3.63, 3.8) is 0 Å². The van der Waals surface area contributed by atoms with Crippen LogP contribution in [0.25, 0.3) is 11.0 Å². The molecular formula is C15H16N6O3. The van der Waals surface area contributed by atoms with E-state index in [2.05, 4.69) is 20.4 Å². The predicted octanol–water partition coefficient (Wildman–Crippen LogP) is 0.481. The number of rotatable bonds is 4. The molecule has 0 bridgehead atoms. The number of aromatic nitrogens is 5. The van der Waals surface area contributed by atoms with Crippen LogP contribution in [0.5, 0.6) is 5.88 Å². The first-order valence-electron chi connectivity index (χ1n) is 7.18. The fourth-order valence-corrected chi connectivity index (χ4v) is 2.31. The molecule has 124 valence electrons. The van der Waals surface area contributed by atoms with E-state index < -0.39 is 0 Å². The number of nitrogens with zero attached hydrogens (tertiary/aromatic N) is 5. The molecule has 3 rings (SSSR count). The minimum Gasteiger partial charge on any atom is -0.481 e. The van der Waals surface area contributed by atoms with Crippen molar-refractivity contribution in [1.29, 1.82) is 0 Å². The van der Waals surface area contributed by atoms with E-state index in [1.165, 1.54) is 28.9 Å². The summed E-state index contributed by atoms with van der Waals surface area (Å²) in [6.45, 7) is 1.61. The SMILES string of the molecule is COc1ccc(NC(=O)Cn2cnc3c(cnn3C)c2=O)c(C)n1. The Kier molecular flexibility index (Phi) is 3.98. The molecule has 0 spiro atoms. The van der Waals surface area contributed by atoms with E-state index in [0.29, 0.717) is 28.3 Å². The van der Waals surface area contributed by atoms with E-state index in [0.717, 1.165) is 0 Å². The molecule has 3 heterocycles. The summed E-state index contributed by atoms with van der Waals surface area (Å²) in [6, 6.07) is 3.35. The Morgan fingerprint density at radius 1 is 1.38 bits per heavy atom. The first kappa shape index (κ1) is 15.7. The van der Waals surface area contributed by atoms with Crippen molar-refractivity contribution in [2.24, 2.45) is 7.05 Å². The van der Waals surface area contributed by atoms with Gasteiger partial charge in [0.2, 0.25) is 11.8 Å². The third-order valence-corrected chi connectivity index (χ3v) is 3.58. The molecule has 0 atom stereocenters. The second-order valence-corrected chi connectivity index (χ2v) is 5.22. The van der Waals surface area contributed by atoms with Crippen molar-refractivity contribution in [2.75, 3.05) is 12.4 Å². The first-order chi connectivity index (χ1) is 11.5. The number of methoxy groups -OCH3 is 1. The Balaban J connectivity index is 1.80. The molecule has 1 N–H and O–H groups in total. The van der Waals surface area contributed by atoms with Gasteiger partial charge in [0.1, 0.15) is 18.3 Å². The Hall–Kier alpha value is -3.23. The van der Waals surface area contributed by atoms with E-state index in [9.17, 15) is 9.59 Å². The summed E-state index contributed by atoms with van der Waals surface area (Å²) < 4.78 is 7.77. The number of carbonyl (C=O) groups is 1. The van der Waals surface area contributed by atoms with Crippen LogP contribution >= 0.6 is 0 Å². The molecule has 0 saturated carbocycles. The summed E-state index contributed by atoms with van der Waals surface area (Å²) in [5.41, 5.74) is 1.35. The molecule has 0 aliphatic carbocycles. The van der Waals surface area contributed by atoms with Crippen LogP contribution in [0.1, 0.15) is 5.69 Å². The van der Waals surface area contributed by atoms with Crippen LogP contribution in [-0.2, 0) is 18.4 Å². The van der Waals surface area contributed by atoms with Crippen LogP contribution in [0.3, 0.4) is 0 Å². The van der Waals surface area contributed by atoms with Gasteiger partial charge in [0, 0.05) is 13.1 Å². The van der Waals surface area contributed by atoms with Crippen LogP contribution in [0.4, 0.5) is 5.69 Å². The lowest BCUT2D eigenvalue weighted by Gasteiger charge is -2.10. The van der Waals surface area contributed by atoms with E-state index in [4.69, 9.17) is 4.74 Å². The zero-order chi connectivity index (χ0) is 17.3. The van der Waals surface area contributed by atoms with Gasteiger partial charge in [-0.1, -0.05) is 0 Å². The van der Waals surface area contributed by atoms with Crippen molar-refractivity contribution in [2.45, 2.75) is 13.5 Å². The largest absolute Gasteiger partial charge is 0.481 e. The average Bonchev–Trinajstić information content (AvgIpc) is 2.94. The molecular weight excluding hydrogens is 312 g/mol. The lowest BCUT2D eigenvalue weighted by atomic mass is 10.3. The Morgan fingerprint density at radius 3 is 2.88 bits per heavy atom. The van der Waals surface area contributed by atoms with Gasteiger partial charge in [-0.05, 0) is 13.0 Å². The van der Waals surface area contributed by atoms with Gasteiger partial charge in [-0.2, -0.15) is 5.10 Å². The van der Waals surface area contributed by atoms with Gasteiger partial charge in [0.05, 0.1) is 24.7 Å². The van der Waals surface area contributed by atoms with Crippen LogP contribution < -0.4 is 15.6 Å². The molecule has 0 aliphatic rings. The zero-order valence-electron chi connectivity index (χ0n) is 13.5. The number of carbonyl (C=O) groups excluding carboxylic acids is 1. The molecule has 0 saturated heterocycles. The van der Waals surface area contributed by atoms with Gasteiger partial charge in [0.25, 0.3) is 5.56 Å². The van der Waals surface area contributed by atoms with Gasteiger partial charge in [-0.15, -0.1) is 0 Å². The summed E-state index contributed by atoms with van der Waals surface area (Å²) in [4.78, 5) is 32.9. The van der Waals surface area contributed by atoms with Crippen LogP contribution in [0.15, 0.2) is 29.5 Å². The molecule has 9 nitrogen and oxygen atoms in total. The number of amides is 1. The van der Waals surface area contributed by atoms with Gasteiger partial charge in [-0.25, -0.2) is 9.97 Å². The molecule has 3 aromatic heterocycles. The lowest BCUT2D eigenvalue weighted by Crippen LogP contribution is -2.28. The number of hydrogen-bond donors (Lipinski definition) is 1. The summed E-state index contributed by atoms with van der Waals surface area (Å²) in [7, 11) is 3.22. The predicted molar refractivity (Wildman–Crippen MR) is 86.9 cm³/mol. The summed E-state index contributed by atoms with van der Waals surface area (Å²) in [5.74, 6) is 0.116. The Morgan fingerprint density at radius 2 is 2.17 bits per heavy atom. The number of hydrogen-bond acceptors (Lipinski definition) is 6. The van der Waals surface area contributed by atoms with E-state index in [1.54, 1.807) is 26.1 Å². The number of ether oxygens (including phenoxy) is 1. The van der Waals surface area contributed by atoms with E-state index in [-0.39, 0.29) is 18.0 Å². The van der Waals surface area contributed by atoms with Gasteiger partial charge >= 0.3 is 0 Å². The van der Waals surface area contributed by atoms with Crippen molar-refractivity contribution >= 4 is 22.6 Å². The molecule has 0 aliphatic heterocycles. The smallest absolute Gasteiger partial charge is 0.264 e. The molecule has 24 heavy (non-hydrogen) atoms. The highest BCUT2D eigenvalue weighted by molar-refractivity contribution is 5.91. The molecule has 0 unspecified atom stereocenters. The standard InChI is InChI=1S/C15H16N6O3/c1-9-11(4-5-13(18-9)24-3)19-12(22)7-21-8-16-14-10(15(21)23)6-17-20(14)2/h4-6,8H,7H2,1-3H3,(H,19,22). The van der Waals surface area contributed by atoms with Crippen LogP contribution in [0, 0.1) is 6.92 Å². The number of anilines is 1. The Labute approximate surface area is 136 Å². The van der Waals surface area contributed by atoms with Crippen molar-refractivity contribution in [3.05, 3.63) is 40.7 Å². The average molecular weight is 328 g/mol. The Bertz CT molecular complexity index is 975. The second kappa shape index (κ2) is 6.11. The molecule has 0 fully saturated rings. The highest BCUT2D eigenvalue weighted by atomic mass is 16.5. The topological polar surface area (TPSA) is 104 Å². The number of aryl methyl sites for hydroxylation is 2. The quantitative estimate of drug-likeness (QED) is 0.747. The lowest BCUT2D eigenvalue weighted by molar-refractivity contribution is -0.116. The van der Waals surface area contributed by atoms with E-state index >= 15 is 0 Å². The number of nitrogens with one attached hydrogen (secondary N) is 1. The molecule has 0 aromatic carbocycles. The third-order valence-electron chi connectivity index (χ3n) is 3.58. The van der Waals surface area contributed by atoms with E-state index in [1.807, 2.05) is 0 Å². The maximum absolute atomic E-state index is 12.3. The van der Waals surface area contributed by atoms with Gasteiger partial charge in [-0.3, -0.25) is 18.8 Å². The maximum Gasteiger partial charge on any atom is 0.264 e. The summed E-state index contributed by atoms with van der Waals surface area (Å²) >= 11 is 0. The third kappa shape index (κ3) is 2.83. The number of fused-ring (bicyclic) bond motifs is 1. The van der Waals surface area contributed by atoms with Crippen LogP contribution in [0.2, 0.25) is 0 Å². The van der Waals surface area contributed by atoms with Gasteiger partial charge in [0.15, 0.2) is 5.65 Å². The monoisotopic (exact) mass is 328 g/mol. The van der Waals surface area contributed by atoms with Crippen molar-refractivity contribution in [3.8, 4) is 5.88 Å². The molecule has 3 aromatic rings. The minimum atomic E-state index is -0.350. The summed E-state index contributed by atoms with van der Waals surface area (Å²) in [6.07, 6.45) is 2.78. The fraction of sp³-hybridized carbons (Fsp3) is 0.267. The second-order valence-electron chi connectivity index (χ2n) is 5.22. The molecule has 9 heteroatoms. The highest BCUT2D eigenvalue weighted by Gasteiger charge is 2.12. The summed E-state index contributed by atoms with van der Waals surface area (Å²) in [5, 5.41) is 7.09. The van der Waals surface area contributed by atoms with Crippen LogP contribution in [-0.4, -0.2) is 37.3 Å². The fourth-order valence-electron chi connectivity index (χ4n) is 2.31. The maximum atomic E-state index is 12.3. The minimum absolute atomic E-state index is 0.151. The normalized spacial score (nSPS) is 10.8. The molecule has 1 amide bonds. The number of pyridine rings is 1. The van der Waals surface area contributed by atoms with Crippen molar-refractivity contribution in [1.82, 2.24) is 24.3 Å². The molecule has 0 radical (unpaired) electrons.